The van der Waals surface area contributed by atoms with E-state index in [9.17, 15) is 9.59 Å². The third kappa shape index (κ3) is 10.2. The Labute approximate surface area is 182 Å². The summed E-state index contributed by atoms with van der Waals surface area (Å²) >= 11 is 0. The predicted octanol–water partition coefficient (Wildman–Crippen LogP) is 4.25. The summed E-state index contributed by atoms with van der Waals surface area (Å²) in [5.74, 6) is -0.0314. The van der Waals surface area contributed by atoms with Crippen LogP contribution in [0.15, 0.2) is 30.3 Å². The van der Waals surface area contributed by atoms with Crippen molar-refractivity contribution in [2.75, 3.05) is 32.8 Å². The van der Waals surface area contributed by atoms with Gasteiger partial charge in [0.15, 0.2) is 5.78 Å². The Kier molecular flexibility index (Phi) is 13.6. The summed E-state index contributed by atoms with van der Waals surface area (Å²) in [6.45, 7) is 5.71. The fourth-order valence-electron chi connectivity index (χ4n) is 3.55. The summed E-state index contributed by atoms with van der Waals surface area (Å²) in [6, 6.07) is 8.75. The number of carbonyl (C=O) groups is 2. The second-order valence-electron chi connectivity index (χ2n) is 7.63. The van der Waals surface area contributed by atoms with Crippen molar-refractivity contribution < 1.29 is 14.3 Å². The molecule has 1 unspecified atom stereocenters. The number of halogens is 1. The standard InChI is InChI=1S/C23H36N2O3.ClH/c1-2-3-4-5-6-7-11-14-22(26)24-21(19-25-15-17-28-18-16-25)23(27)20-12-9-8-10-13-20;/h8-10,12-13,21H,2-7,11,14-19H2,1H3,(H,24,26);1H. The summed E-state index contributed by atoms with van der Waals surface area (Å²) in [6.07, 6.45) is 8.74. The van der Waals surface area contributed by atoms with Crippen molar-refractivity contribution in [2.24, 2.45) is 0 Å². The molecular formula is C23H37ClN2O3. The van der Waals surface area contributed by atoms with Gasteiger partial charge in [-0.1, -0.05) is 75.8 Å². The van der Waals surface area contributed by atoms with Crippen molar-refractivity contribution in [1.82, 2.24) is 10.2 Å². The van der Waals surface area contributed by atoms with E-state index >= 15 is 0 Å². The number of hydrogen-bond acceptors (Lipinski definition) is 4. The lowest BCUT2D eigenvalue weighted by molar-refractivity contribution is -0.121. The first kappa shape index (κ1) is 25.6. The highest BCUT2D eigenvalue weighted by Gasteiger charge is 2.25. The molecule has 1 heterocycles. The van der Waals surface area contributed by atoms with Gasteiger partial charge in [-0.2, -0.15) is 0 Å². The number of morpholine rings is 1. The Hall–Kier alpha value is -1.43. The lowest BCUT2D eigenvalue weighted by Crippen LogP contribution is -2.51. The van der Waals surface area contributed by atoms with Crippen LogP contribution < -0.4 is 5.32 Å². The molecule has 1 atom stereocenters. The van der Waals surface area contributed by atoms with Crippen LogP contribution in [0.5, 0.6) is 0 Å². The van der Waals surface area contributed by atoms with Gasteiger partial charge < -0.3 is 10.1 Å². The zero-order valence-corrected chi connectivity index (χ0v) is 18.6. The number of hydrogen-bond donors (Lipinski definition) is 1. The molecule has 1 fully saturated rings. The lowest BCUT2D eigenvalue weighted by atomic mass is 10.0. The van der Waals surface area contributed by atoms with Gasteiger partial charge in [0.25, 0.3) is 0 Å². The van der Waals surface area contributed by atoms with Crippen molar-refractivity contribution in [3.05, 3.63) is 35.9 Å². The van der Waals surface area contributed by atoms with Crippen molar-refractivity contribution in [3.63, 3.8) is 0 Å². The van der Waals surface area contributed by atoms with Gasteiger partial charge in [0, 0.05) is 31.6 Å². The van der Waals surface area contributed by atoms with Gasteiger partial charge in [-0.15, -0.1) is 12.4 Å². The third-order valence-electron chi connectivity index (χ3n) is 5.26. The number of rotatable bonds is 13. The van der Waals surface area contributed by atoms with Crippen LogP contribution >= 0.6 is 12.4 Å². The molecule has 5 nitrogen and oxygen atoms in total. The summed E-state index contributed by atoms with van der Waals surface area (Å²) in [7, 11) is 0. The Balaban J connectivity index is 0.00000420. The topological polar surface area (TPSA) is 58.6 Å². The van der Waals surface area contributed by atoms with E-state index in [4.69, 9.17) is 4.74 Å². The molecular weight excluding hydrogens is 388 g/mol. The largest absolute Gasteiger partial charge is 0.379 e. The number of Topliss-reactive ketones (excluding diaryl/α,β-unsaturated/α-hetero) is 1. The smallest absolute Gasteiger partial charge is 0.220 e. The molecule has 1 aromatic rings. The van der Waals surface area contributed by atoms with Crippen LogP contribution in [0, 0.1) is 0 Å². The van der Waals surface area contributed by atoms with Crippen LogP contribution in [-0.2, 0) is 9.53 Å². The maximum absolute atomic E-state index is 13.0. The Morgan fingerprint density at radius 2 is 1.62 bits per heavy atom. The molecule has 0 aliphatic carbocycles. The van der Waals surface area contributed by atoms with Gasteiger partial charge in [0.2, 0.25) is 5.91 Å². The zero-order valence-electron chi connectivity index (χ0n) is 17.7. The average molecular weight is 425 g/mol. The second kappa shape index (κ2) is 15.4. The molecule has 0 aromatic heterocycles. The second-order valence-corrected chi connectivity index (χ2v) is 7.63. The molecule has 0 saturated carbocycles. The molecule has 2 rings (SSSR count). The minimum absolute atomic E-state index is 0. The van der Waals surface area contributed by atoms with Crippen molar-refractivity contribution in [2.45, 2.75) is 64.3 Å². The van der Waals surface area contributed by atoms with Crippen LogP contribution in [0.1, 0.15) is 68.6 Å². The van der Waals surface area contributed by atoms with Crippen LogP contribution in [-0.4, -0.2) is 55.5 Å². The molecule has 6 heteroatoms. The molecule has 29 heavy (non-hydrogen) atoms. The van der Waals surface area contributed by atoms with Gasteiger partial charge in [-0.05, 0) is 6.42 Å². The first-order chi connectivity index (χ1) is 13.7. The fourth-order valence-corrected chi connectivity index (χ4v) is 3.55. The molecule has 1 amide bonds. The molecule has 164 valence electrons. The molecule has 0 bridgehead atoms. The minimum atomic E-state index is -0.502. The third-order valence-corrected chi connectivity index (χ3v) is 5.26. The van der Waals surface area contributed by atoms with Gasteiger partial charge >= 0.3 is 0 Å². The number of nitrogens with one attached hydrogen (secondary N) is 1. The van der Waals surface area contributed by atoms with Crippen molar-refractivity contribution in [3.8, 4) is 0 Å². The first-order valence-electron chi connectivity index (χ1n) is 10.9. The van der Waals surface area contributed by atoms with E-state index in [2.05, 4.69) is 17.1 Å². The van der Waals surface area contributed by atoms with E-state index in [0.29, 0.717) is 31.7 Å². The first-order valence-corrected chi connectivity index (χ1v) is 10.9. The predicted molar refractivity (Wildman–Crippen MR) is 120 cm³/mol. The van der Waals surface area contributed by atoms with E-state index in [1.165, 1.54) is 32.1 Å². The molecule has 1 saturated heterocycles. The van der Waals surface area contributed by atoms with E-state index in [0.717, 1.165) is 25.9 Å². The highest BCUT2D eigenvalue weighted by Crippen LogP contribution is 2.10. The number of amides is 1. The molecule has 1 aromatic carbocycles. The van der Waals surface area contributed by atoms with Crippen molar-refractivity contribution in [1.29, 1.82) is 0 Å². The Bertz CT molecular complexity index is 577. The van der Waals surface area contributed by atoms with E-state index < -0.39 is 6.04 Å². The monoisotopic (exact) mass is 424 g/mol. The number of ketones is 1. The summed E-state index contributed by atoms with van der Waals surface area (Å²) in [5.41, 5.74) is 0.650. The zero-order chi connectivity index (χ0) is 20.0. The van der Waals surface area contributed by atoms with Crippen LogP contribution in [0.4, 0.5) is 0 Å². The summed E-state index contributed by atoms with van der Waals surface area (Å²) in [5, 5.41) is 3.00. The van der Waals surface area contributed by atoms with Gasteiger partial charge in [0.1, 0.15) is 6.04 Å². The molecule has 0 radical (unpaired) electrons. The van der Waals surface area contributed by atoms with Gasteiger partial charge in [-0.3, -0.25) is 14.5 Å². The SMILES string of the molecule is CCCCCCCCCC(=O)NC(CN1CCOCC1)C(=O)c1ccccc1.Cl. The quantitative estimate of drug-likeness (QED) is 0.380. The highest BCUT2D eigenvalue weighted by molar-refractivity contribution is 6.02. The number of nitrogens with zero attached hydrogens (tertiary/aromatic N) is 1. The maximum atomic E-state index is 13.0. The molecule has 1 N–H and O–H groups in total. The Morgan fingerprint density at radius 1 is 1.00 bits per heavy atom. The van der Waals surface area contributed by atoms with E-state index in [1.807, 2.05) is 30.3 Å². The number of carbonyl (C=O) groups excluding carboxylic acids is 2. The number of benzene rings is 1. The summed E-state index contributed by atoms with van der Waals surface area (Å²) < 4.78 is 5.39. The average Bonchev–Trinajstić information content (AvgIpc) is 2.73. The van der Waals surface area contributed by atoms with Gasteiger partial charge in [-0.25, -0.2) is 0 Å². The lowest BCUT2D eigenvalue weighted by Gasteiger charge is -2.30. The minimum Gasteiger partial charge on any atom is -0.379 e. The van der Waals surface area contributed by atoms with E-state index in [-0.39, 0.29) is 24.1 Å². The number of unbranched alkanes of at least 4 members (excludes halogenated alkanes) is 6. The molecule has 0 spiro atoms. The fraction of sp³-hybridized carbons (Fsp3) is 0.652. The van der Waals surface area contributed by atoms with E-state index in [1.54, 1.807) is 0 Å². The highest BCUT2D eigenvalue weighted by atomic mass is 35.5. The van der Waals surface area contributed by atoms with Crippen molar-refractivity contribution >= 4 is 24.1 Å². The molecule has 1 aliphatic rings. The Morgan fingerprint density at radius 3 is 2.28 bits per heavy atom. The normalized spacial score (nSPS) is 15.3. The van der Waals surface area contributed by atoms with Crippen LogP contribution in [0.3, 0.4) is 0 Å². The van der Waals surface area contributed by atoms with Gasteiger partial charge in [0.05, 0.1) is 13.2 Å². The number of ether oxygens (including phenoxy) is 1. The van der Waals surface area contributed by atoms with Crippen LogP contribution in [0.2, 0.25) is 0 Å². The van der Waals surface area contributed by atoms with Crippen LogP contribution in [0.25, 0.3) is 0 Å². The summed E-state index contributed by atoms with van der Waals surface area (Å²) in [4.78, 5) is 27.6. The maximum Gasteiger partial charge on any atom is 0.220 e. The molecule has 1 aliphatic heterocycles.